The minimum atomic E-state index is -2.24. The van der Waals surface area contributed by atoms with E-state index in [0.29, 0.717) is 0 Å². The summed E-state index contributed by atoms with van der Waals surface area (Å²) in [4.78, 5) is 0. The fourth-order valence-corrected chi connectivity index (χ4v) is 1.02. The lowest BCUT2D eigenvalue weighted by molar-refractivity contribution is -0.0768. The van der Waals surface area contributed by atoms with Crippen molar-refractivity contribution in [2.75, 3.05) is 0 Å². The summed E-state index contributed by atoms with van der Waals surface area (Å²) < 4.78 is 13.7. The summed E-state index contributed by atoms with van der Waals surface area (Å²) in [5, 5.41) is 8.90. The van der Waals surface area contributed by atoms with Crippen molar-refractivity contribution in [1.29, 1.82) is 0 Å². The quantitative estimate of drug-likeness (QED) is 0.769. The number of benzene rings is 1. The van der Waals surface area contributed by atoms with Crippen molar-refractivity contribution in [2.24, 2.45) is 0 Å². The molecule has 0 spiro atoms. The molecule has 3 heteroatoms. The summed E-state index contributed by atoms with van der Waals surface area (Å²) in [6, 6.07) is 6.43. The fraction of sp³-hybridized carbons (Fsp3) is 0.250. The number of alkyl halides is 1. The molecule has 0 heterocycles. The zero-order valence-electron chi connectivity index (χ0n) is 6.01. The summed E-state index contributed by atoms with van der Waals surface area (Å²) in [5.41, 5.74) is 0.265. The second-order valence-corrected chi connectivity index (χ2v) is 3.38. The molecule has 0 aromatic heterocycles. The molecule has 11 heavy (non-hydrogen) atoms. The molecule has 0 saturated carbocycles. The van der Waals surface area contributed by atoms with Crippen LogP contribution >= 0.6 is 15.9 Å². The van der Waals surface area contributed by atoms with Crippen LogP contribution in [0.3, 0.4) is 0 Å². The molecule has 1 nitrogen and oxygen atoms in total. The Labute approximate surface area is 73.0 Å². The fourth-order valence-electron chi connectivity index (χ4n) is 0.754. The molecule has 0 aliphatic carbocycles. The average Bonchev–Trinajstić information content (AvgIpc) is 1.86. The minimum absolute atomic E-state index is 0.265. The van der Waals surface area contributed by atoms with Gasteiger partial charge in [-0.3, -0.25) is 0 Å². The summed E-state index contributed by atoms with van der Waals surface area (Å²) in [6.07, 6.45) is 0. The highest BCUT2D eigenvalue weighted by Gasteiger charge is 2.20. The molecule has 1 aromatic rings. The van der Waals surface area contributed by atoms with E-state index < -0.39 is 5.85 Å². The Bertz CT molecular complexity index is 237. The second kappa shape index (κ2) is 2.91. The monoisotopic (exact) mass is 218 g/mol. The summed E-state index contributed by atoms with van der Waals surface area (Å²) in [7, 11) is 0. The van der Waals surface area contributed by atoms with Crippen molar-refractivity contribution in [1.82, 2.24) is 0 Å². The molecule has 0 bridgehead atoms. The lowest BCUT2D eigenvalue weighted by Crippen LogP contribution is -2.12. The van der Waals surface area contributed by atoms with E-state index >= 15 is 0 Å². The van der Waals surface area contributed by atoms with Gasteiger partial charge in [0, 0.05) is 10.0 Å². The van der Waals surface area contributed by atoms with Crippen molar-refractivity contribution in [2.45, 2.75) is 12.8 Å². The first-order chi connectivity index (χ1) is 5.00. The van der Waals surface area contributed by atoms with Crippen molar-refractivity contribution >= 4 is 15.9 Å². The van der Waals surface area contributed by atoms with Crippen LogP contribution in [0.5, 0.6) is 0 Å². The van der Waals surface area contributed by atoms with Crippen LogP contribution in [0.1, 0.15) is 12.5 Å². The third-order valence-electron chi connectivity index (χ3n) is 1.37. The van der Waals surface area contributed by atoms with Gasteiger partial charge in [-0.2, -0.15) is 0 Å². The average molecular weight is 219 g/mol. The first kappa shape index (κ1) is 8.68. The van der Waals surface area contributed by atoms with Gasteiger partial charge in [0.2, 0.25) is 5.85 Å². The number of hydrogen-bond acceptors (Lipinski definition) is 1. The first-order valence-electron chi connectivity index (χ1n) is 3.17. The van der Waals surface area contributed by atoms with Gasteiger partial charge in [0.1, 0.15) is 0 Å². The van der Waals surface area contributed by atoms with Crippen LogP contribution in [0, 0.1) is 0 Å². The van der Waals surface area contributed by atoms with E-state index in [4.69, 9.17) is 5.11 Å². The predicted molar refractivity (Wildman–Crippen MR) is 44.8 cm³/mol. The highest BCUT2D eigenvalue weighted by atomic mass is 79.9. The highest BCUT2D eigenvalue weighted by molar-refractivity contribution is 9.10. The topological polar surface area (TPSA) is 20.2 Å². The molecule has 0 radical (unpaired) electrons. The maximum atomic E-state index is 12.8. The maximum absolute atomic E-state index is 12.8. The largest absolute Gasteiger partial charge is 0.358 e. The Balaban J connectivity index is 2.99. The predicted octanol–water partition coefficient (Wildman–Crippen LogP) is 2.58. The molecule has 1 N–H and O–H groups in total. The van der Waals surface area contributed by atoms with Gasteiger partial charge in [-0.1, -0.05) is 28.1 Å². The smallest absolute Gasteiger partial charge is 0.230 e. The summed E-state index contributed by atoms with van der Waals surface area (Å²) >= 11 is 3.21. The van der Waals surface area contributed by atoms with E-state index in [-0.39, 0.29) is 5.56 Å². The zero-order valence-corrected chi connectivity index (χ0v) is 7.60. The Hall–Kier alpha value is -0.410. The molecule has 0 amide bonds. The van der Waals surface area contributed by atoms with Gasteiger partial charge >= 0.3 is 0 Å². The van der Waals surface area contributed by atoms with Gasteiger partial charge in [0.15, 0.2) is 0 Å². The Morgan fingerprint density at radius 1 is 1.36 bits per heavy atom. The molecule has 0 saturated heterocycles. The number of hydrogen-bond donors (Lipinski definition) is 1. The molecular weight excluding hydrogens is 211 g/mol. The molecule has 1 atom stereocenters. The molecule has 0 fully saturated rings. The first-order valence-corrected chi connectivity index (χ1v) is 3.97. The van der Waals surface area contributed by atoms with E-state index in [2.05, 4.69) is 15.9 Å². The normalized spacial score (nSPS) is 16.0. The Morgan fingerprint density at radius 2 is 1.82 bits per heavy atom. The molecule has 1 unspecified atom stereocenters. The molecule has 1 aromatic carbocycles. The van der Waals surface area contributed by atoms with E-state index in [9.17, 15) is 4.39 Å². The summed E-state index contributed by atoms with van der Waals surface area (Å²) in [6.45, 7) is 1.11. The van der Waals surface area contributed by atoms with E-state index in [1.807, 2.05) is 0 Å². The SMILES string of the molecule is CC(O)(F)c1ccc(Br)cc1. The molecule has 0 aliphatic heterocycles. The number of halogens is 2. The van der Waals surface area contributed by atoms with Gasteiger partial charge < -0.3 is 5.11 Å². The van der Waals surface area contributed by atoms with Crippen LogP contribution in [0.15, 0.2) is 28.7 Å². The van der Waals surface area contributed by atoms with Gasteiger partial charge in [0.05, 0.1) is 0 Å². The van der Waals surface area contributed by atoms with E-state index in [0.717, 1.165) is 11.4 Å². The molecule has 1 rings (SSSR count). The van der Waals surface area contributed by atoms with Crippen LogP contribution in [0.25, 0.3) is 0 Å². The van der Waals surface area contributed by atoms with Crippen LogP contribution in [0.4, 0.5) is 4.39 Å². The summed E-state index contributed by atoms with van der Waals surface area (Å²) in [5.74, 6) is -2.24. The lowest BCUT2D eigenvalue weighted by Gasteiger charge is -2.12. The zero-order chi connectivity index (χ0) is 8.48. The van der Waals surface area contributed by atoms with Crippen molar-refractivity contribution in [3.63, 3.8) is 0 Å². The highest BCUT2D eigenvalue weighted by Crippen LogP contribution is 2.23. The molecule has 0 aliphatic rings. The lowest BCUT2D eigenvalue weighted by atomic mass is 10.1. The van der Waals surface area contributed by atoms with Crippen LogP contribution < -0.4 is 0 Å². The van der Waals surface area contributed by atoms with Crippen molar-refractivity contribution in [3.05, 3.63) is 34.3 Å². The van der Waals surface area contributed by atoms with Gasteiger partial charge in [-0.05, 0) is 19.1 Å². The number of rotatable bonds is 1. The van der Waals surface area contributed by atoms with Crippen molar-refractivity contribution in [3.8, 4) is 0 Å². The van der Waals surface area contributed by atoms with Crippen LogP contribution in [-0.2, 0) is 5.85 Å². The number of aliphatic hydroxyl groups is 1. The van der Waals surface area contributed by atoms with Gasteiger partial charge in [-0.15, -0.1) is 0 Å². The second-order valence-electron chi connectivity index (χ2n) is 2.46. The molecular formula is C8H8BrFO. The van der Waals surface area contributed by atoms with Gasteiger partial charge in [-0.25, -0.2) is 4.39 Å². The van der Waals surface area contributed by atoms with Crippen LogP contribution in [-0.4, -0.2) is 5.11 Å². The maximum Gasteiger partial charge on any atom is 0.230 e. The Kier molecular flexibility index (Phi) is 2.30. The third kappa shape index (κ3) is 2.27. The van der Waals surface area contributed by atoms with Gasteiger partial charge in [0.25, 0.3) is 0 Å². The molecule has 60 valence electrons. The van der Waals surface area contributed by atoms with E-state index in [1.165, 1.54) is 12.1 Å². The van der Waals surface area contributed by atoms with Crippen LogP contribution in [0.2, 0.25) is 0 Å². The minimum Gasteiger partial charge on any atom is -0.358 e. The standard InChI is InChI=1S/C8H8BrFO/c1-8(10,11)6-2-4-7(9)5-3-6/h2-5,11H,1H3. The van der Waals surface area contributed by atoms with Crippen molar-refractivity contribution < 1.29 is 9.50 Å². The Morgan fingerprint density at radius 3 is 2.18 bits per heavy atom. The van der Waals surface area contributed by atoms with E-state index in [1.54, 1.807) is 12.1 Å². The third-order valence-corrected chi connectivity index (χ3v) is 1.90.